The highest BCUT2D eigenvalue weighted by molar-refractivity contribution is 5.80. The van der Waals surface area contributed by atoms with Crippen LogP contribution in [0, 0.1) is 0 Å². The first-order valence-electron chi connectivity index (χ1n) is 6.88. The minimum atomic E-state index is 0.00750. The number of benzene rings is 1. The number of ether oxygens (including phenoxy) is 2. The SMILES string of the molecule is COc1cccc(OC)c1CC(=O)N[C@@H]1CC=CCC1. The average Bonchev–Trinajstić information content (AvgIpc) is 2.48. The Balaban J connectivity index is 2.05. The van der Waals surface area contributed by atoms with E-state index in [0.29, 0.717) is 11.5 Å². The van der Waals surface area contributed by atoms with Crippen molar-refractivity contribution in [1.82, 2.24) is 5.32 Å². The van der Waals surface area contributed by atoms with Crippen molar-refractivity contribution in [3.63, 3.8) is 0 Å². The van der Waals surface area contributed by atoms with E-state index in [0.717, 1.165) is 24.8 Å². The van der Waals surface area contributed by atoms with Gasteiger partial charge in [-0.2, -0.15) is 0 Å². The Morgan fingerprint density at radius 1 is 1.25 bits per heavy atom. The summed E-state index contributed by atoms with van der Waals surface area (Å²) in [4.78, 5) is 12.2. The number of carbonyl (C=O) groups excluding carboxylic acids is 1. The zero-order chi connectivity index (χ0) is 14.4. The fourth-order valence-electron chi connectivity index (χ4n) is 2.47. The summed E-state index contributed by atoms with van der Waals surface area (Å²) in [5.74, 6) is 1.37. The fourth-order valence-corrected chi connectivity index (χ4v) is 2.47. The topological polar surface area (TPSA) is 47.6 Å². The molecule has 1 N–H and O–H groups in total. The summed E-state index contributed by atoms with van der Waals surface area (Å²) in [6.45, 7) is 0. The molecule has 1 amide bonds. The highest BCUT2D eigenvalue weighted by Gasteiger charge is 2.17. The molecular weight excluding hydrogens is 254 g/mol. The molecule has 20 heavy (non-hydrogen) atoms. The second-order valence-corrected chi connectivity index (χ2v) is 4.87. The molecule has 0 aliphatic heterocycles. The summed E-state index contributed by atoms with van der Waals surface area (Å²) < 4.78 is 10.6. The van der Waals surface area contributed by atoms with Gasteiger partial charge in [-0.1, -0.05) is 18.2 Å². The summed E-state index contributed by atoms with van der Waals surface area (Å²) in [7, 11) is 3.20. The van der Waals surface area contributed by atoms with E-state index in [-0.39, 0.29) is 18.4 Å². The van der Waals surface area contributed by atoms with Gasteiger partial charge in [0.2, 0.25) is 5.91 Å². The minimum absolute atomic E-state index is 0.00750. The molecule has 1 aliphatic rings. The van der Waals surface area contributed by atoms with Crippen LogP contribution in [0.3, 0.4) is 0 Å². The molecule has 0 spiro atoms. The van der Waals surface area contributed by atoms with Crippen LogP contribution in [0.1, 0.15) is 24.8 Å². The number of nitrogens with one attached hydrogen (secondary N) is 1. The van der Waals surface area contributed by atoms with E-state index in [1.54, 1.807) is 14.2 Å². The van der Waals surface area contributed by atoms with Gasteiger partial charge in [0.15, 0.2) is 0 Å². The first kappa shape index (κ1) is 14.4. The van der Waals surface area contributed by atoms with E-state index in [1.165, 1.54) is 0 Å². The Bertz CT molecular complexity index is 474. The lowest BCUT2D eigenvalue weighted by atomic mass is 10.0. The van der Waals surface area contributed by atoms with Crippen molar-refractivity contribution in [2.75, 3.05) is 14.2 Å². The quantitative estimate of drug-likeness (QED) is 0.840. The summed E-state index contributed by atoms with van der Waals surface area (Å²) in [5, 5.41) is 3.07. The van der Waals surface area contributed by atoms with E-state index in [9.17, 15) is 4.79 Å². The van der Waals surface area contributed by atoms with Gasteiger partial charge in [0.05, 0.1) is 20.6 Å². The largest absolute Gasteiger partial charge is 0.496 e. The highest BCUT2D eigenvalue weighted by Crippen LogP contribution is 2.28. The third kappa shape index (κ3) is 3.53. The normalized spacial score (nSPS) is 17.6. The number of carbonyl (C=O) groups is 1. The predicted molar refractivity (Wildman–Crippen MR) is 78.2 cm³/mol. The van der Waals surface area contributed by atoms with Gasteiger partial charge in [0.25, 0.3) is 0 Å². The van der Waals surface area contributed by atoms with Gasteiger partial charge < -0.3 is 14.8 Å². The van der Waals surface area contributed by atoms with Gasteiger partial charge in [-0.25, -0.2) is 0 Å². The number of amides is 1. The molecule has 4 heteroatoms. The maximum Gasteiger partial charge on any atom is 0.224 e. The summed E-state index contributed by atoms with van der Waals surface area (Å²) in [5.41, 5.74) is 0.793. The molecule has 1 aliphatic carbocycles. The third-order valence-corrected chi connectivity index (χ3v) is 3.50. The van der Waals surface area contributed by atoms with Gasteiger partial charge in [-0.3, -0.25) is 4.79 Å². The third-order valence-electron chi connectivity index (χ3n) is 3.50. The van der Waals surface area contributed by atoms with Crippen molar-refractivity contribution >= 4 is 5.91 Å². The second kappa shape index (κ2) is 6.98. The molecule has 1 aromatic carbocycles. The smallest absolute Gasteiger partial charge is 0.224 e. The zero-order valence-electron chi connectivity index (χ0n) is 12.0. The molecule has 0 radical (unpaired) electrons. The Kier molecular flexibility index (Phi) is 5.04. The van der Waals surface area contributed by atoms with Gasteiger partial charge in [0.1, 0.15) is 11.5 Å². The molecule has 0 heterocycles. The molecule has 108 valence electrons. The average molecular weight is 275 g/mol. The van der Waals surface area contributed by atoms with Crippen LogP contribution in [0.15, 0.2) is 30.4 Å². The van der Waals surface area contributed by atoms with Crippen molar-refractivity contribution in [2.45, 2.75) is 31.7 Å². The highest BCUT2D eigenvalue weighted by atomic mass is 16.5. The monoisotopic (exact) mass is 275 g/mol. The van der Waals surface area contributed by atoms with Crippen molar-refractivity contribution < 1.29 is 14.3 Å². The van der Waals surface area contributed by atoms with Crippen LogP contribution in [0.2, 0.25) is 0 Å². The maximum absolute atomic E-state index is 12.2. The standard InChI is InChI=1S/C16H21NO3/c1-19-14-9-6-10-15(20-2)13(14)11-16(18)17-12-7-4-3-5-8-12/h3-4,6,9-10,12H,5,7-8,11H2,1-2H3,(H,17,18)/t12-/m1/s1. The Labute approximate surface area is 119 Å². The molecule has 0 unspecified atom stereocenters. The molecule has 0 bridgehead atoms. The van der Waals surface area contributed by atoms with Crippen LogP contribution in [0.5, 0.6) is 11.5 Å². The van der Waals surface area contributed by atoms with Crippen LogP contribution >= 0.6 is 0 Å². The summed E-state index contributed by atoms with van der Waals surface area (Å²) in [6, 6.07) is 5.78. The van der Waals surface area contributed by atoms with Crippen molar-refractivity contribution in [2.24, 2.45) is 0 Å². The molecule has 0 aromatic heterocycles. The molecule has 0 fully saturated rings. The number of methoxy groups -OCH3 is 2. The minimum Gasteiger partial charge on any atom is -0.496 e. The molecule has 2 rings (SSSR count). The van der Waals surface area contributed by atoms with Gasteiger partial charge in [0, 0.05) is 11.6 Å². The van der Waals surface area contributed by atoms with Gasteiger partial charge >= 0.3 is 0 Å². The van der Waals surface area contributed by atoms with E-state index in [1.807, 2.05) is 18.2 Å². The number of hydrogen-bond acceptors (Lipinski definition) is 3. The fraction of sp³-hybridized carbons (Fsp3) is 0.438. The van der Waals surface area contributed by atoms with E-state index >= 15 is 0 Å². The summed E-state index contributed by atoms with van der Waals surface area (Å²) in [6.07, 6.45) is 7.50. The molecule has 0 saturated heterocycles. The Morgan fingerprint density at radius 3 is 2.50 bits per heavy atom. The van der Waals surface area contributed by atoms with Crippen LogP contribution in [-0.2, 0) is 11.2 Å². The number of rotatable bonds is 5. The molecule has 1 atom stereocenters. The van der Waals surface area contributed by atoms with Gasteiger partial charge in [-0.15, -0.1) is 0 Å². The molecule has 0 saturated carbocycles. The van der Waals surface area contributed by atoms with Gasteiger partial charge in [-0.05, 0) is 31.4 Å². The Morgan fingerprint density at radius 2 is 1.95 bits per heavy atom. The van der Waals surface area contributed by atoms with Crippen molar-refractivity contribution in [3.8, 4) is 11.5 Å². The number of hydrogen-bond donors (Lipinski definition) is 1. The van der Waals surface area contributed by atoms with Crippen molar-refractivity contribution in [1.29, 1.82) is 0 Å². The number of allylic oxidation sites excluding steroid dienone is 1. The maximum atomic E-state index is 12.2. The van der Waals surface area contributed by atoms with Crippen LogP contribution in [0.25, 0.3) is 0 Å². The van der Waals surface area contributed by atoms with Crippen LogP contribution in [-0.4, -0.2) is 26.2 Å². The lowest BCUT2D eigenvalue weighted by Gasteiger charge is -2.20. The summed E-state index contributed by atoms with van der Waals surface area (Å²) >= 11 is 0. The van der Waals surface area contributed by atoms with E-state index in [4.69, 9.17) is 9.47 Å². The zero-order valence-corrected chi connectivity index (χ0v) is 12.0. The lowest BCUT2D eigenvalue weighted by Crippen LogP contribution is -2.36. The first-order chi connectivity index (χ1) is 9.74. The second-order valence-electron chi connectivity index (χ2n) is 4.87. The lowest BCUT2D eigenvalue weighted by molar-refractivity contribution is -0.121. The van der Waals surface area contributed by atoms with E-state index in [2.05, 4.69) is 17.5 Å². The van der Waals surface area contributed by atoms with Crippen LogP contribution in [0.4, 0.5) is 0 Å². The van der Waals surface area contributed by atoms with Crippen molar-refractivity contribution in [3.05, 3.63) is 35.9 Å². The Hall–Kier alpha value is -1.97. The first-order valence-corrected chi connectivity index (χ1v) is 6.88. The van der Waals surface area contributed by atoms with Crippen LogP contribution < -0.4 is 14.8 Å². The molecular formula is C16H21NO3. The molecule has 4 nitrogen and oxygen atoms in total. The predicted octanol–water partition coefficient (Wildman–Crippen LogP) is 2.47. The van der Waals surface area contributed by atoms with E-state index < -0.39 is 0 Å². The molecule has 1 aromatic rings.